The molecule has 0 N–H and O–H groups in total. The van der Waals surface area contributed by atoms with Crippen LogP contribution in [0.1, 0.15) is 200 Å². The highest BCUT2D eigenvalue weighted by Crippen LogP contribution is 2.58. The molecule has 5 aliphatic rings. The minimum Gasteiger partial charge on any atom is -0.420 e. The Morgan fingerprint density at radius 1 is 0.248 bits per heavy atom. The largest absolute Gasteiger partial charge is 0.420 e. The normalized spacial score (nSPS) is 16.7. The Kier molecular flexibility index (Phi) is 42.0. The smallest absolute Gasteiger partial charge is 0.253 e. The van der Waals surface area contributed by atoms with Crippen molar-refractivity contribution in [2.45, 2.75) is 334 Å². The molecule has 8 aromatic rings. The molecule has 13 rings (SSSR count). The fraction of sp³-hybridized carbons (Fsp3) is 0.547. The minimum absolute atomic E-state index is 0.716. The molecule has 0 radical (unpaired) electrons. The molecule has 6 nitrogen and oxygen atoms in total. The first-order valence-corrected chi connectivity index (χ1v) is 71.1. The van der Waals surface area contributed by atoms with E-state index in [4.69, 9.17) is 26.6 Å². The van der Waals surface area contributed by atoms with Gasteiger partial charge in [0.15, 0.2) is 16.6 Å². The van der Waals surface area contributed by atoms with Gasteiger partial charge < -0.3 is 26.6 Å². The van der Waals surface area contributed by atoms with Gasteiger partial charge in [0.1, 0.15) is 0 Å². The molecule has 3 aliphatic carbocycles. The van der Waals surface area contributed by atoms with Crippen LogP contribution in [0.25, 0.3) is 22.3 Å². The Balaban J connectivity index is 0.000000244. The highest BCUT2D eigenvalue weighted by Gasteiger charge is 2.51. The number of benzene rings is 8. The Bertz CT molecular complexity index is 3800. The molecule has 0 atom stereocenters. The molecular weight excluding hydrogens is 1620 g/mol. The van der Waals surface area contributed by atoms with Gasteiger partial charge in [0, 0.05) is 42.7 Å². The van der Waals surface area contributed by atoms with Crippen LogP contribution in [0.15, 0.2) is 218 Å². The molecule has 15 heteroatoms. The molecule has 0 bridgehead atoms. The van der Waals surface area contributed by atoms with E-state index in [-0.39, 0.29) is 0 Å². The summed E-state index contributed by atoms with van der Waals surface area (Å²) in [6, 6.07) is 76.5. The van der Waals surface area contributed by atoms with Crippen molar-refractivity contribution in [1.82, 2.24) is 0 Å². The predicted octanol–water partition coefficient (Wildman–Crippen LogP) is 27.8. The van der Waals surface area contributed by atoms with E-state index in [2.05, 4.69) is 383 Å². The average Bonchev–Trinajstić information content (AvgIpc) is 1.56. The van der Waals surface area contributed by atoms with Gasteiger partial charge in [-0.05, 0) is 140 Å². The van der Waals surface area contributed by atoms with E-state index in [0.717, 1.165) is 43.3 Å². The molecule has 0 spiro atoms. The zero-order valence-corrected chi connectivity index (χ0v) is 92.3. The molecule has 8 aromatic carbocycles. The van der Waals surface area contributed by atoms with E-state index in [0.29, 0.717) is 5.04 Å². The number of rotatable bonds is 19. The van der Waals surface area contributed by atoms with Crippen molar-refractivity contribution < 1.29 is 26.6 Å². The van der Waals surface area contributed by atoms with E-state index in [1.54, 1.807) is 0 Å². The maximum Gasteiger partial charge on any atom is 0.253 e. The molecule has 3 saturated carbocycles. The summed E-state index contributed by atoms with van der Waals surface area (Å²) in [5.74, 6) is 0. The summed E-state index contributed by atoms with van der Waals surface area (Å²) in [7, 11) is -2.39. The molecule has 0 aromatic heterocycles. The van der Waals surface area contributed by atoms with Crippen molar-refractivity contribution in [2.24, 2.45) is 0 Å². The topological polar surface area (TPSA) is 55.4 Å². The summed E-state index contributed by atoms with van der Waals surface area (Å²) in [6.45, 7) is 67.1. The lowest BCUT2D eigenvalue weighted by Gasteiger charge is -2.53. The highest BCUT2D eigenvalue weighted by atomic mass is 28.4. The standard InChI is InChI=1S/2C14H14OSi.2C14H16OSi.C14H30Si.2C10H22Si.2C8H20OSi/c2*1-15-16(2)13-9-5-3-7-11(13)12-8-4-6-10-14(12)16;2*1-15-16(2,13-9-5-3-6-10-13)14-11-7-4-8-12-14;1-12(2)15(6,13(3)4)14(5)10-8-7-9-11-14;2*1-10(11(2,3)4)8-6-5-7-9-10;2*1-7(2)10(6,9-5)8(3)4/h2*3-10H,1-2H3;2*3-12H,1-2H3;12-13H,7-11H2,1-6H3;2*5-9H2,1-4H3;2*7-8H,1-6H3. The van der Waals surface area contributed by atoms with Gasteiger partial charge in [-0.3, -0.25) is 0 Å². The fourth-order valence-electron chi connectivity index (χ4n) is 19.5. The Morgan fingerprint density at radius 3 is 0.587 bits per heavy atom. The monoisotopic (exact) mass is 1800 g/mol. The molecule has 3 fully saturated rings. The van der Waals surface area contributed by atoms with Crippen LogP contribution in [0.2, 0.25) is 133 Å². The predicted molar refractivity (Wildman–Crippen MR) is 562 cm³/mol. The highest BCUT2D eigenvalue weighted by molar-refractivity contribution is 7.01. The lowest BCUT2D eigenvalue weighted by atomic mass is 9.90. The zero-order valence-electron chi connectivity index (χ0n) is 83.3. The van der Waals surface area contributed by atoms with Gasteiger partial charge in [0.25, 0.3) is 33.3 Å². The fourth-order valence-corrected chi connectivity index (χ4v) is 44.2. The van der Waals surface area contributed by atoms with E-state index in [1.165, 1.54) is 160 Å². The lowest BCUT2D eigenvalue weighted by Crippen LogP contribution is -2.57. The molecule has 2 aliphatic heterocycles. The Morgan fingerprint density at radius 2 is 0.438 bits per heavy atom. The van der Waals surface area contributed by atoms with Gasteiger partial charge in [0.2, 0.25) is 0 Å². The second-order valence-electron chi connectivity index (χ2n) is 41.4. The number of hydrogen-bond donors (Lipinski definition) is 0. The van der Waals surface area contributed by atoms with Gasteiger partial charge in [0.05, 0.1) is 24.2 Å². The average molecular weight is 1800 g/mol. The SMILES string of the molecule is CC(C)[Si](C)(C(C)C)C1(C)CCCCC1.CC1([Si](C)(C)C)CCCCC1.CC1([Si](C)(C)C)CCCCC1.CO[Si](C)(C(C)C)C(C)C.CO[Si](C)(C(C)C)C(C)C.CO[Si](C)(c1ccccc1)c1ccccc1.CO[Si](C)(c1ccccc1)c1ccccc1.CO[Si]1(C)c2ccccc2-c2ccccc21.CO[Si]1(C)c2ccccc2-c2ccccc21. The molecule has 121 heavy (non-hydrogen) atoms. The lowest BCUT2D eigenvalue weighted by molar-refractivity contribution is 0.378. The zero-order chi connectivity index (χ0) is 90.7. The third kappa shape index (κ3) is 26.1. The van der Waals surface area contributed by atoms with Gasteiger partial charge in [-0.1, -0.05) is 475 Å². The van der Waals surface area contributed by atoms with E-state index in [9.17, 15) is 0 Å². The summed E-state index contributed by atoms with van der Waals surface area (Å²) < 4.78 is 34.7. The Hall–Kier alpha value is -4.53. The molecule has 2 heterocycles. The Labute approximate surface area is 753 Å². The summed E-state index contributed by atoms with van der Waals surface area (Å²) in [4.78, 5) is 0. The second-order valence-corrected chi connectivity index (χ2v) is 83.5. The third-order valence-electron chi connectivity index (χ3n) is 31.9. The molecule has 0 saturated heterocycles. The van der Waals surface area contributed by atoms with Gasteiger partial charge in [-0.2, -0.15) is 0 Å². The molecule has 0 unspecified atom stereocenters. The van der Waals surface area contributed by atoms with Crippen LogP contribution < -0.4 is 41.5 Å². The number of fused-ring (bicyclic) bond motifs is 6. The van der Waals surface area contributed by atoms with Crippen molar-refractivity contribution in [1.29, 1.82) is 0 Å². The van der Waals surface area contributed by atoms with Crippen molar-refractivity contribution in [2.75, 3.05) is 42.7 Å². The molecule has 670 valence electrons. The summed E-state index contributed by atoms with van der Waals surface area (Å²) in [5, 5.41) is 13.1. The van der Waals surface area contributed by atoms with Gasteiger partial charge >= 0.3 is 0 Å². The molecule has 0 amide bonds. The van der Waals surface area contributed by atoms with Gasteiger partial charge in [-0.25, -0.2) is 0 Å². The van der Waals surface area contributed by atoms with Crippen LogP contribution in [-0.2, 0) is 26.6 Å². The van der Waals surface area contributed by atoms with Crippen molar-refractivity contribution in [3.63, 3.8) is 0 Å². The van der Waals surface area contributed by atoms with Crippen molar-refractivity contribution in [3.8, 4) is 22.3 Å². The quantitative estimate of drug-likeness (QED) is 0.0752. The second kappa shape index (κ2) is 47.5. The van der Waals surface area contributed by atoms with Crippen LogP contribution in [0.5, 0.6) is 0 Å². The maximum absolute atomic E-state index is 5.89. The third-order valence-corrected chi connectivity index (χ3v) is 73.9. The first-order valence-electron chi connectivity index (χ1n) is 46.7. The van der Waals surface area contributed by atoms with E-state index < -0.39 is 74.1 Å². The van der Waals surface area contributed by atoms with Gasteiger partial charge in [-0.15, -0.1) is 0 Å². The maximum atomic E-state index is 5.89. The number of hydrogen-bond acceptors (Lipinski definition) is 6. The first kappa shape index (κ1) is 107. The van der Waals surface area contributed by atoms with Crippen molar-refractivity contribution in [3.05, 3.63) is 218 Å². The van der Waals surface area contributed by atoms with E-state index >= 15 is 0 Å². The van der Waals surface area contributed by atoms with Crippen LogP contribution >= 0.6 is 0 Å². The van der Waals surface area contributed by atoms with Crippen LogP contribution in [0.3, 0.4) is 0 Å². The minimum atomic E-state index is -1.98. The van der Waals surface area contributed by atoms with Crippen LogP contribution in [0, 0.1) is 0 Å². The summed E-state index contributed by atoms with van der Waals surface area (Å²) >= 11 is 0. The van der Waals surface area contributed by atoms with Crippen LogP contribution in [-0.4, -0.2) is 117 Å². The van der Waals surface area contributed by atoms with Crippen molar-refractivity contribution >= 4 is 116 Å². The first-order chi connectivity index (χ1) is 56.7. The van der Waals surface area contributed by atoms with E-state index in [1.807, 2.05) is 66.9 Å². The van der Waals surface area contributed by atoms with Crippen LogP contribution in [0.4, 0.5) is 0 Å². The molecular formula is C106H174O6Si9. The summed E-state index contributed by atoms with van der Waals surface area (Å²) in [5.41, 5.74) is 10.2. The summed E-state index contributed by atoms with van der Waals surface area (Å²) in [6.07, 6.45) is 22.4.